The van der Waals surface area contributed by atoms with Crippen LogP contribution in [0.2, 0.25) is 0 Å². The van der Waals surface area contributed by atoms with Crippen molar-refractivity contribution in [3.05, 3.63) is 23.3 Å². The van der Waals surface area contributed by atoms with E-state index in [-0.39, 0.29) is 5.97 Å². The van der Waals surface area contributed by atoms with Gasteiger partial charge in [0.05, 0.1) is 19.8 Å². The van der Waals surface area contributed by atoms with Crippen LogP contribution in [-0.2, 0) is 14.3 Å². The Morgan fingerprint density at radius 3 is 2.39 bits per heavy atom. The van der Waals surface area contributed by atoms with Crippen LogP contribution in [0, 0.1) is 0 Å². The standard InChI is InChI=1S/C15H26O3/c1-12(2)18-10-9-13(3)7-6-8-14(4)11-15(16)17-5/h7,11-12H,6,8-10H2,1-5H3. The molecule has 18 heavy (non-hydrogen) atoms. The molecule has 0 unspecified atom stereocenters. The molecule has 0 fully saturated rings. The van der Waals surface area contributed by atoms with E-state index in [1.165, 1.54) is 12.7 Å². The molecule has 0 radical (unpaired) electrons. The van der Waals surface area contributed by atoms with Crippen LogP contribution in [0.1, 0.15) is 47.0 Å². The summed E-state index contributed by atoms with van der Waals surface area (Å²) in [4.78, 5) is 11.0. The molecule has 0 amide bonds. The van der Waals surface area contributed by atoms with Crippen molar-refractivity contribution in [3.8, 4) is 0 Å². The number of rotatable bonds is 8. The van der Waals surface area contributed by atoms with Gasteiger partial charge >= 0.3 is 5.97 Å². The van der Waals surface area contributed by atoms with Gasteiger partial charge in [0.25, 0.3) is 0 Å². The molecule has 0 aromatic rings. The zero-order chi connectivity index (χ0) is 14.0. The highest BCUT2D eigenvalue weighted by Gasteiger charge is 1.97. The molecule has 3 heteroatoms. The molecule has 0 bridgehead atoms. The number of allylic oxidation sites excluding steroid dienone is 2. The lowest BCUT2D eigenvalue weighted by Gasteiger charge is -2.07. The molecule has 0 heterocycles. The second-order valence-corrected chi connectivity index (χ2v) is 4.77. The summed E-state index contributed by atoms with van der Waals surface area (Å²) >= 11 is 0. The van der Waals surface area contributed by atoms with E-state index in [0.717, 1.165) is 31.4 Å². The van der Waals surface area contributed by atoms with Gasteiger partial charge < -0.3 is 9.47 Å². The molecule has 0 spiro atoms. The SMILES string of the molecule is COC(=O)C=C(C)CCC=C(C)CCOC(C)C. The van der Waals surface area contributed by atoms with Crippen LogP contribution >= 0.6 is 0 Å². The summed E-state index contributed by atoms with van der Waals surface area (Å²) in [5.41, 5.74) is 2.38. The van der Waals surface area contributed by atoms with E-state index in [9.17, 15) is 4.79 Å². The number of ether oxygens (including phenoxy) is 2. The lowest BCUT2D eigenvalue weighted by Crippen LogP contribution is -2.03. The van der Waals surface area contributed by atoms with Gasteiger partial charge in [-0.05, 0) is 47.0 Å². The molecule has 0 N–H and O–H groups in total. The van der Waals surface area contributed by atoms with Gasteiger partial charge in [0.1, 0.15) is 0 Å². The Balaban J connectivity index is 3.86. The molecular formula is C15H26O3. The van der Waals surface area contributed by atoms with Crippen molar-refractivity contribution in [2.24, 2.45) is 0 Å². The van der Waals surface area contributed by atoms with E-state index in [1.54, 1.807) is 6.08 Å². The summed E-state index contributed by atoms with van der Waals surface area (Å²) in [6.45, 7) is 8.92. The molecule has 0 atom stereocenters. The van der Waals surface area contributed by atoms with Crippen molar-refractivity contribution < 1.29 is 14.3 Å². The predicted octanol–water partition coefficient (Wildman–Crippen LogP) is 3.65. The lowest BCUT2D eigenvalue weighted by molar-refractivity contribution is -0.134. The highest BCUT2D eigenvalue weighted by Crippen LogP contribution is 2.09. The zero-order valence-electron chi connectivity index (χ0n) is 12.3. The third-order valence-corrected chi connectivity index (χ3v) is 2.54. The minimum Gasteiger partial charge on any atom is -0.466 e. The van der Waals surface area contributed by atoms with Crippen LogP contribution in [0.15, 0.2) is 23.3 Å². The molecule has 104 valence electrons. The number of carbonyl (C=O) groups excluding carboxylic acids is 1. The van der Waals surface area contributed by atoms with Crippen molar-refractivity contribution in [1.82, 2.24) is 0 Å². The van der Waals surface area contributed by atoms with Gasteiger partial charge in [-0.3, -0.25) is 0 Å². The minimum atomic E-state index is -0.279. The number of hydrogen-bond acceptors (Lipinski definition) is 3. The maximum absolute atomic E-state index is 11.0. The van der Waals surface area contributed by atoms with Crippen molar-refractivity contribution in [2.45, 2.75) is 53.1 Å². The Morgan fingerprint density at radius 2 is 1.83 bits per heavy atom. The largest absolute Gasteiger partial charge is 0.466 e. The summed E-state index contributed by atoms with van der Waals surface area (Å²) < 4.78 is 10.1. The third-order valence-electron chi connectivity index (χ3n) is 2.54. The first-order chi connectivity index (χ1) is 8.45. The Morgan fingerprint density at radius 1 is 1.17 bits per heavy atom. The second kappa shape index (κ2) is 9.89. The maximum atomic E-state index is 11.0. The minimum absolute atomic E-state index is 0.279. The number of methoxy groups -OCH3 is 1. The normalized spacial score (nSPS) is 13.0. The van der Waals surface area contributed by atoms with E-state index >= 15 is 0 Å². The predicted molar refractivity (Wildman–Crippen MR) is 74.5 cm³/mol. The fourth-order valence-electron chi connectivity index (χ4n) is 1.44. The monoisotopic (exact) mass is 254 g/mol. The molecule has 0 saturated carbocycles. The van der Waals surface area contributed by atoms with E-state index in [1.807, 2.05) is 20.8 Å². The van der Waals surface area contributed by atoms with Gasteiger partial charge in [-0.15, -0.1) is 0 Å². The fraction of sp³-hybridized carbons (Fsp3) is 0.667. The summed E-state index contributed by atoms with van der Waals surface area (Å²) in [7, 11) is 1.39. The molecule has 3 nitrogen and oxygen atoms in total. The maximum Gasteiger partial charge on any atom is 0.330 e. The van der Waals surface area contributed by atoms with Gasteiger partial charge in [0.2, 0.25) is 0 Å². The molecule has 0 aromatic carbocycles. The van der Waals surface area contributed by atoms with Crippen LogP contribution in [0.25, 0.3) is 0 Å². The molecule has 0 saturated heterocycles. The first-order valence-corrected chi connectivity index (χ1v) is 6.48. The first kappa shape index (κ1) is 16.9. The van der Waals surface area contributed by atoms with Gasteiger partial charge in [0.15, 0.2) is 0 Å². The highest BCUT2D eigenvalue weighted by atomic mass is 16.5. The molecule has 0 rings (SSSR count). The lowest BCUT2D eigenvalue weighted by atomic mass is 10.1. The topological polar surface area (TPSA) is 35.5 Å². The fourth-order valence-corrected chi connectivity index (χ4v) is 1.44. The average molecular weight is 254 g/mol. The molecule has 0 aliphatic rings. The van der Waals surface area contributed by atoms with E-state index in [0.29, 0.717) is 6.10 Å². The quantitative estimate of drug-likeness (QED) is 0.377. The van der Waals surface area contributed by atoms with E-state index < -0.39 is 0 Å². The smallest absolute Gasteiger partial charge is 0.330 e. The van der Waals surface area contributed by atoms with Crippen molar-refractivity contribution in [1.29, 1.82) is 0 Å². The number of esters is 1. The number of hydrogen-bond donors (Lipinski definition) is 0. The Kier molecular flexibility index (Phi) is 9.29. The third kappa shape index (κ3) is 10.1. The number of carbonyl (C=O) groups is 1. The summed E-state index contributed by atoms with van der Waals surface area (Å²) in [5, 5.41) is 0. The van der Waals surface area contributed by atoms with Crippen LogP contribution in [0.5, 0.6) is 0 Å². The van der Waals surface area contributed by atoms with Crippen molar-refractivity contribution >= 4 is 5.97 Å². The summed E-state index contributed by atoms with van der Waals surface area (Å²) in [6, 6.07) is 0. The molecule has 0 aromatic heterocycles. The van der Waals surface area contributed by atoms with Crippen LogP contribution in [0.3, 0.4) is 0 Å². The zero-order valence-corrected chi connectivity index (χ0v) is 12.3. The Bertz CT molecular complexity index is 301. The van der Waals surface area contributed by atoms with Gasteiger partial charge in [-0.25, -0.2) is 4.79 Å². The Hall–Kier alpha value is -1.09. The van der Waals surface area contributed by atoms with Crippen LogP contribution in [-0.4, -0.2) is 25.8 Å². The second-order valence-electron chi connectivity index (χ2n) is 4.77. The summed E-state index contributed by atoms with van der Waals surface area (Å²) in [5.74, 6) is -0.279. The van der Waals surface area contributed by atoms with E-state index in [4.69, 9.17) is 4.74 Å². The van der Waals surface area contributed by atoms with Crippen LogP contribution in [0.4, 0.5) is 0 Å². The Labute approximate surface area is 111 Å². The first-order valence-electron chi connectivity index (χ1n) is 6.48. The van der Waals surface area contributed by atoms with Gasteiger partial charge in [-0.2, -0.15) is 0 Å². The van der Waals surface area contributed by atoms with Gasteiger partial charge in [0, 0.05) is 6.08 Å². The van der Waals surface area contributed by atoms with E-state index in [2.05, 4.69) is 17.7 Å². The van der Waals surface area contributed by atoms with Crippen LogP contribution < -0.4 is 0 Å². The highest BCUT2D eigenvalue weighted by molar-refractivity contribution is 5.82. The van der Waals surface area contributed by atoms with Crippen molar-refractivity contribution in [3.63, 3.8) is 0 Å². The molecule has 0 aliphatic heterocycles. The molecule has 0 aliphatic carbocycles. The summed E-state index contributed by atoms with van der Waals surface area (Å²) in [6.07, 6.45) is 6.86. The molecular weight excluding hydrogens is 228 g/mol. The van der Waals surface area contributed by atoms with Crippen molar-refractivity contribution in [2.75, 3.05) is 13.7 Å². The van der Waals surface area contributed by atoms with Gasteiger partial charge in [-0.1, -0.05) is 17.2 Å². The average Bonchev–Trinajstić information content (AvgIpc) is 2.28.